The van der Waals surface area contributed by atoms with Gasteiger partial charge >= 0.3 is 0 Å². The summed E-state index contributed by atoms with van der Waals surface area (Å²) in [7, 11) is 0. The Morgan fingerprint density at radius 2 is 2.47 bits per heavy atom. The third-order valence-electron chi connectivity index (χ3n) is 3.42. The number of nitrogens with one attached hydrogen (secondary N) is 1. The van der Waals surface area contributed by atoms with Gasteiger partial charge in [0.15, 0.2) is 0 Å². The molecule has 1 aromatic rings. The normalized spacial score (nSPS) is 22.5. The molecule has 1 aliphatic heterocycles. The summed E-state index contributed by atoms with van der Waals surface area (Å²) in [5.41, 5.74) is 0. The van der Waals surface area contributed by atoms with Gasteiger partial charge < -0.3 is 14.5 Å². The van der Waals surface area contributed by atoms with E-state index in [1.54, 1.807) is 6.26 Å². The molecule has 0 spiro atoms. The molecule has 0 unspecified atom stereocenters. The van der Waals surface area contributed by atoms with E-state index in [1.807, 2.05) is 19.1 Å². The minimum atomic E-state index is 0.0734. The quantitative estimate of drug-likeness (QED) is 0.771. The van der Waals surface area contributed by atoms with E-state index >= 15 is 0 Å². The van der Waals surface area contributed by atoms with Crippen LogP contribution in [0.5, 0.6) is 0 Å². The van der Waals surface area contributed by atoms with E-state index in [2.05, 4.69) is 5.32 Å². The van der Waals surface area contributed by atoms with Crippen LogP contribution in [0.15, 0.2) is 22.8 Å². The molecule has 0 aromatic carbocycles. The van der Waals surface area contributed by atoms with Gasteiger partial charge in [0.05, 0.1) is 6.26 Å². The predicted molar refractivity (Wildman–Crippen MR) is 68.0 cm³/mol. The van der Waals surface area contributed by atoms with Crippen molar-refractivity contribution in [3.05, 3.63) is 24.2 Å². The molecule has 2 rings (SSSR count). The summed E-state index contributed by atoms with van der Waals surface area (Å²) < 4.78 is 11.1. The second kappa shape index (κ2) is 6.82. The molecule has 3 nitrogen and oxygen atoms in total. The van der Waals surface area contributed by atoms with E-state index in [-0.39, 0.29) is 6.10 Å². The topological polar surface area (TPSA) is 34.4 Å². The van der Waals surface area contributed by atoms with Gasteiger partial charge in [-0.25, -0.2) is 0 Å². The number of ether oxygens (including phenoxy) is 1. The van der Waals surface area contributed by atoms with E-state index < -0.39 is 0 Å². The molecule has 1 fully saturated rings. The van der Waals surface area contributed by atoms with Crippen LogP contribution in [0.3, 0.4) is 0 Å². The highest BCUT2D eigenvalue weighted by molar-refractivity contribution is 5.00. The molecular weight excluding hydrogens is 214 g/mol. The second-order valence-corrected chi connectivity index (χ2v) is 4.82. The highest BCUT2D eigenvalue weighted by atomic mass is 16.5. The standard InChI is InChI=1S/C14H23NO2/c1-12(14-8-5-11-17-14)16-10-4-7-13-6-2-3-9-15-13/h5,8,11-13,15H,2-4,6-7,9-10H2,1H3/t12-,13-/m1/s1. The summed E-state index contributed by atoms with van der Waals surface area (Å²) in [6.07, 6.45) is 8.16. The fourth-order valence-corrected chi connectivity index (χ4v) is 2.36. The zero-order valence-electron chi connectivity index (χ0n) is 10.7. The maximum atomic E-state index is 5.76. The molecule has 0 aliphatic carbocycles. The van der Waals surface area contributed by atoms with Gasteiger partial charge in [0.25, 0.3) is 0 Å². The maximum absolute atomic E-state index is 5.76. The van der Waals surface area contributed by atoms with Crippen molar-refractivity contribution in [3.63, 3.8) is 0 Å². The predicted octanol–water partition coefficient (Wildman–Crippen LogP) is 3.28. The lowest BCUT2D eigenvalue weighted by Crippen LogP contribution is -2.34. The van der Waals surface area contributed by atoms with Crippen molar-refractivity contribution in [2.45, 2.75) is 51.2 Å². The Morgan fingerprint density at radius 3 is 3.18 bits per heavy atom. The van der Waals surface area contributed by atoms with Crippen molar-refractivity contribution < 1.29 is 9.15 Å². The first-order valence-electron chi connectivity index (χ1n) is 6.74. The van der Waals surface area contributed by atoms with Crippen molar-refractivity contribution in [2.24, 2.45) is 0 Å². The van der Waals surface area contributed by atoms with Crippen LogP contribution >= 0.6 is 0 Å². The molecule has 1 saturated heterocycles. The lowest BCUT2D eigenvalue weighted by atomic mass is 10.0. The third-order valence-corrected chi connectivity index (χ3v) is 3.42. The summed E-state index contributed by atoms with van der Waals surface area (Å²) in [4.78, 5) is 0. The molecule has 0 bridgehead atoms. The molecule has 2 heterocycles. The van der Waals surface area contributed by atoms with Crippen LogP contribution in [0.25, 0.3) is 0 Å². The van der Waals surface area contributed by atoms with Crippen LogP contribution in [0.1, 0.15) is 50.9 Å². The number of furan rings is 1. The van der Waals surface area contributed by atoms with Gasteiger partial charge in [-0.2, -0.15) is 0 Å². The molecule has 0 amide bonds. The fourth-order valence-electron chi connectivity index (χ4n) is 2.36. The average Bonchev–Trinajstić information content (AvgIpc) is 2.89. The van der Waals surface area contributed by atoms with Gasteiger partial charge in [-0.05, 0) is 51.3 Å². The Kier molecular flexibility index (Phi) is 5.08. The number of piperidine rings is 1. The van der Waals surface area contributed by atoms with Gasteiger partial charge in [0.1, 0.15) is 11.9 Å². The van der Waals surface area contributed by atoms with Crippen LogP contribution in [-0.2, 0) is 4.74 Å². The molecule has 0 radical (unpaired) electrons. The first kappa shape index (κ1) is 12.7. The first-order valence-corrected chi connectivity index (χ1v) is 6.74. The second-order valence-electron chi connectivity index (χ2n) is 4.82. The van der Waals surface area contributed by atoms with Gasteiger partial charge in [-0.3, -0.25) is 0 Å². The van der Waals surface area contributed by atoms with Crippen molar-refractivity contribution in [1.29, 1.82) is 0 Å². The zero-order chi connectivity index (χ0) is 11.9. The van der Waals surface area contributed by atoms with Gasteiger partial charge in [0.2, 0.25) is 0 Å². The van der Waals surface area contributed by atoms with Crippen LogP contribution in [0, 0.1) is 0 Å². The van der Waals surface area contributed by atoms with Gasteiger partial charge in [0, 0.05) is 12.6 Å². The van der Waals surface area contributed by atoms with E-state index in [0.717, 1.165) is 18.8 Å². The molecule has 1 aromatic heterocycles. The van der Waals surface area contributed by atoms with Crippen molar-refractivity contribution >= 4 is 0 Å². The summed E-state index contributed by atoms with van der Waals surface area (Å²) in [6.45, 7) is 4.05. The molecule has 3 heteroatoms. The molecule has 1 aliphatic rings. The Balaban J connectivity index is 1.56. The van der Waals surface area contributed by atoms with Gasteiger partial charge in [-0.1, -0.05) is 6.42 Å². The minimum Gasteiger partial charge on any atom is -0.467 e. The van der Waals surface area contributed by atoms with Crippen LogP contribution in [0.2, 0.25) is 0 Å². The number of rotatable bonds is 6. The largest absolute Gasteiger partial charge is 0.467 e. The van der Waals surface area contributed by atoms with E-state index in [0.29, 0.717) is 6.04 Å². The minimum absolute atomic E-state index is 0.0734. The summed E-state index contributed by atoms with van der Waals surface area (Å²) >= 11 is 0. The number of hydrogen-bond acceptors (Lipinski definition) is 3. The van der Waals surface area contributed by atoms with Gasteiger partial charge in [-0.15, -0.1) is 0 Å². The average molecular weight is 237 g/mol. The Labute approximate surface area is 104 Å². The molecule has 2 atom stereocenters. The SMILES string of the molecule is C[C@@H](OCCC[C@H]1CCCCN1)c1ccco1. The monoisotopic (exact) mass is 237 g/mol. The van der Waals surface area contributed by atoms with Crippen molar-refractivity contribution in [3.8, 4) is 0 Å². The Bertz CT molecular complexity index is 291. The zero-order valence-corrected chi connectivity index (χ0v) is 10.7. The van der Waals surface area contributed by atoms with Crippen molar-refractivity contribution in [1.82, 2.24) is 5.32 Å². The number of hydrogen-bond donors (Lipinski definition) is 1. The summed E-state index contributed by atoms with van der Waals surface area (Å²) in [6, 6.07) is 4.58. The summed E-state index contributed by atoms with van der Waals surface area (Å²) in [5.74, 6) is 0.917. The molecule has 17 heavy (non-hydrogen) atoms. The summed E-state index contributed by atoms with van der Waals surface area (Å²) in [5, 5.41) is 3.56. The van der Waals surface area contributed by atoms with Crippen LogP contribution < -0.4 is 5.32 Å². The lowest BCUT2D eigenvalue weighted by molar-refractivity contribution is 0.0468. The van der Waals surface area contributed by atoms with Crippen LogP contribution in [0.4, 0.5) is 0 Å². The van der Waals surface area contributed by atoms with E-state index in [4.69, 9.17) is 9.15 Å². The van der Waals surface area contributed by atoms with E-state index in [9.17, 15) is 0 Å². The molecule has 96 valence electrons. The Morgan fingerprint density at radius 1 is 1.53 bits per heavy atom. The lowest BCUT2D eigenvalue weighted by Gasteiger charge is -2.23. The van der Waals surface area contributed by atoms with Crippen molar-refractivity contribution in [2.75, 3.05) is 13.2 Å². The highest BCUT2D eigenvalue weighted by Crippen LogP contribution is 2.18. The maximum Gasteiger partial charge on any atom is 0.132 e. The smallest absolute Gasteiger partial charge is 0.132 e. The first-order chi connectivity index (χ1) is 8.36. The molecule has 1 N–H and O–H groups in total. The van der Waals surface area contributed by atoms with Crippen LogP contribution in [-0.4, -0.2) is 19.2 Å². The fraction of sp³-hybridized carbons (Fsp3) is 0.714. The third kappa shape index (κ3) is 4.17. The molecule has 0 saturated carbocycles. The highest BCUT2D eigenvalue weighted by Gasteiger charge is 2.12. The van der Waals surface area contributed by atoms with E-state index in [1.165, 1.54) is 32.2 Å². The molecular formula is C14H23NO2. The Hall–Kier alpha value is -0.800.